The molecule has 0 N–H and O–H groups in total. The predicted molar refractivity (Wildman–Crippen MR) is 86.6 cm³/mol. The highest BCUT2D eigenvalue weighted by molar-refractivity contribution is 5.09. The van der Waals surface area contributed by atoms with Crippen molar-refractivity contribution in [3.05, 3.63) is 42.7 Å². The van der Waals surface area contributed by atoms with Crippen molar-refractivity contribution in [3.8, 4) is 0 Å². The Morgan fingerprint density at radius 1 is 1.55 bits per heavy atom. The van der Waals surface area contributed by atoms with E-state index in [1.54, 1.807) is 0 Å². The maximum atomic E-state index is 6.27. The SMILES string of the molecule is C=CCOC[C@@H]1CCC[C@@]12CN(Cc1cccnc1)CCO2. The van der Waals surface area contributed by atoms with Gasteiger partial charge in [0.15, 0.2) is 0 Å². The van der Waals surface area contributed by atoms with Crippen molar-refractivity contribution < 1.29 is 9.47 Å². The van der Waals surface area contributed by atoms with Gasteiger partial charge in [-0.25, -0.2) is 0 Å². The van der Waals surface area contributed by atoms with Gasteiger partial charge in [0.25, 0.3) is 0 Å². The smallest absolute Gasteiger partial charge is 0.0859 e. The van der Waals surface area contributed by atoms with Crippen LogP contribution in [0.3, 0.4) is 0 Å². The quantitative estimate of drug-likeness (QED) is 0.598. The lowest BCUT2D eigenvalue weighted by molar-refractivity contribution is -0.142. The van der Waals surface area contributed by atoms with E-state index in [1.165, 1.54) is 18.4 Å². The number of pyridine rings is 1. The summed E-state index contributed by atoms with van der Waals surface area (Å²) in [4.78, 5) is 6.72. The van der Waals surface area contributed by atoms with Crippen LogP contribution >= 0.6 is 0 Å². The van der Waals surface area contributed by atoms with Crippen molar-refractivity contribution in [2.75, 3.05) is 32.9 Å². The summed E-state index contributed by atoms with van der Waals surface area (Å²) in [5, 5.41) is 0. The third-order valence-electron chi connectivity index (χ3n) is 4.87. The Kier molecular flexibility index (Phi) is 5.24. The van der Waals surface area contributed by atoms with Crippen molar-refractivity contribution in [3.63, 3.8) is 0 Å². The lowest BCUT2D eigenvalue weighted by Gasteiger charge is -2.44. The van der Waals surface area contributed by atoms with Crippen LogP contribution in [-0.4, -0.2) is 48.4 Å². The van der Waals surface area contributed by atoms with Crippen LogP contribution in [0.15, 0.2) is 37.2 Å². The minimum atomic E-state index is -0.0123. The van der Waals surface area contributed by atoms with E-state index in [1.807, 2.05) is 24.5 Å². The fourth-order valence-corrected chi connectivity index (χ4v) is 3.81. The van der Waals surface area contributed by atoms with Crippen LogP contribution in [0, 0.1) is 5.92 Å². The number of morpholine rings is 1. The number of hydrogen-bond acceptors (Lipinski definition) is 4. The number of hydrogen-bond donors (Lipinski definition) is 0. The minimum Gasteiger partial charge on any atom is -0.377 e. The van der Waals surface area contributed by atoms with E-state index in [2.05, 4.69) is 22.5 Å². The lowest BCUT2D eigenvalue weighted by Crippen LogP contribution is -2.54. The molecule has 0 aromatic carbocycles. The Hall–Kier alpha value is -1.23. The molecule has 1 saturated heterocycles. The number of nitrogens with zero attached hydrogens (tertiary/aromatic N) is 2. The van der Waals surface area contributed by atoms with Gasteiger partial charge < -0.3 is 9.47 Å². The molecule has 1 aliphatic carbocycles. The maximum Gasteiger partial charge on any atom is 0.0859 e. The van der Waals surface area contributed by atoms with Crippen molar-refractivity contribution >= 4 is 0 Å². The molecule has 120 valence electrons. The van der Waals surface area contributed by atoms with Gasteiger partial charge in [0.2, 0.25) is 0 Å². The highest BCUT2D eigenvalue weighted by Crippen LogP contribution is 2.41. The minimum absolute atomic E-state index is 0.0123. The van der Waals surface area contributed by atoms with Crippen molar-refractivity contribution in [1.29, 1.82) is 0 Å². The molecule has 22 heavy (non-hydrogen) atoms. The van der Waals surface area contributed by atoms with Crippen LogP contribution in [0.1, 0.15) is 24.8 Å². The number of ether oxygens (including phenoxy) is 2. The van der Waals surface area contributed by atoms with E-state index in [0.717, 1.165) is 39.3 Å². The molecule has 0 bridgehead atoms. The van der Waals surface area contributed by atoms with Crippen LogP contribution in [0.5, 0.6) is 0 Å². The van der Waals surface area contributed by atoms with Crippen LogP contribution in [0.25, 0.3) is 0 Å². The Balaban J connectivity index is 1.62. The number of rotatable bonds is 6. The van der Waals surface area contributed by atoms with E-state index in [0.29, 0.717) is 12.5 Å². The van der Waals surface area contributed by atoms with Crippen LogP contribution in [0.2, 0.25) is 0 Å². The molecule has 4 nitrogen and oxygen atoms in total. The van der Waals surface area contributed by atoms with Crippen molar-refractivity contribution in [2.24, 2.45) is 5.92 Å². The van der Waals surface area contributed by atoms with E-state index < -0.39 is 0 Å². The molecule has 3 rings (SSSR count). The zero-order chi connectivity index (χ0) is 15.3. The summed E-state index contributed by atoms with van der Waals surface area (Å²) in [5.74, 6) is 0.504. The summed E-state index contributed by atoms with van der Waals surface area (Å²) >= 11 is 0. The second-order valence-electron chi connectivity index (χ2n) is 6.40. The van der Waals surface area contributed by atoms with Crippen LogP contribution in [-0.2, 0) is 16.0 Å². The molecule has 2 atom stereocenters. The second-order valence-corrected chi connectivity index (χ2v) is 6.40. The monoisotopic (exact) mass is 302 g/mol. The molecule has 0 unspecified atom stereocenters. The van der Waals surface area contributed by atoms with Crippen LogP contribution in [0.4, 0.5) is 0 Å². The fraction of sp³-hybridized carbons (Fsp3) is 0.611. The fourth-order valence-electron chi connectivity index (χ4n) is 3.81. The summed E-state index contributed by atoms with van der Waals surface area (Å²) in [7, 11) is 0. The molecule has 2 aliphatic rings. The highest BCUT2D eigenvalue weighted by Gasteiger charge is 2.46. The second kappa shape index (κ2) is 7.36. The van der Waals surface area contributed by atoms with Gasteiger partial charge in [-0.3, -0.25) is 9.88 Å². The summed E-state index contributed by atoms with van der Waals surface area (Å²) in [6.45, 7) is 8.91. The molecule has 0 amide bonds. The molecule has 4 heteroatoms. The molecule has 1 spiro atoms. The Labute approximate surface area is 133 Å². The normalized spacial score (nSPS) is 29.0. The zero-order valence-electron chi connectivity index (χ0n) is 13.2. The molecular formula is C18H26N2O2. The van der Waals surface area contributed by atoms with Gasteiger partial charge in [0, 0.05) is 37.9 Å². The first-order valence-corrected chi connectivity index (χ1v) is 8.26. The maximum absolute atomic E-state index is 6.27. The number of aromatic nitrogens is 1. The van der Waals surface area contributed by atoms with Gasteiger partial charge in [0.1, 0.15) is 0 Å². The lowest BCUT2D eigenvalue weighted by atomic mass is 9.89. The first-order valence-electron chi connectivity index (χ1n) is 8.26. The average Bonchev–Trinajstić information content (AvgIpc) is 2.91. The molecule has 1 saturated carbocycles. The third-order valence-corrected chi connectivity index (χ3v) is 4.87. The topological polar surface area (TPSA) is 34.6 Å². The summed E-state index contributed by atoms with van der Waals surface area (Å²) in [6, 6.07) is 4.15. The zero-order valence-corrected chi connectivity index (χ0v) is 13.2. The Morgan fingerprint density at radius 2 is 2.50 bits per heavy atom. The van der Waals surface area contributed by atoms with E-state index in [-0.39, 0.29) is 5.60 Å². The molecule has 1 aliphatic heterocycles. The average molecular weight is 302 g/mol. The Morgan fingerprint density at radius 3 is 3.32 bits per heavy atom. The molecule has 2 fully saturated rings. The Bertz CT molecular complexity index is 479. The third kappa shape index (κ3) is 3.57. The van der Waals surface area contributed by atoms with Gasteiger partial charge in [-0.05, 0) is 24.5 Å². The van der Waals surface area contributed by atoms with E-state index >= 15 is 0 Å². The predicted octanol–water partition coefficient (Wildman–Crippen LogP) is 2.66. The highest BCUT2D eigenvalue weighted by atomic mass is 16.5. The summed E-state index contributed by atoms with van der Waals surface area (Å²) in [6.07, 6.45) is 9.20. The first-order chi connectivity index (χ1) is 10.8. The standard InChI is InChI=1S/C18H26N2O2/c1-2-10-21-14-17-6-3-7-18(17)15-20(9-11-22-18)13-16-5-4-8-19-12-16/h2,4-5,8,12,17H,1,3,6-7,9-11,13-15H2/t17-,18+/m0/s1. The van der Waals surface area contributed by atoms with Crippen molar-refractivity contribution in [2.45, 2.75) is 31.4 Å². The van der Waals surface area contributed by atoms with Gasteiger partial charge in [-0.15, -0.1) is 6.58 Å². The molecule has 0 radical (unpaired) electrons. The molecule has 1 aromatic heterocycles. The molecular weight excluding hydrogens is 276 g/mol. The van der Waals surface area contributed by atoms with Crippen molar-refractivity contribution in [1.82, 2.24) is 9.88 Å². The van der Waals surface area contributed by atoms with E-state index in [4.69, 9.17) is 9.47 Å². The summed E-state index contributed by atoms with van der Waals surface area (Å²) in [5.41, 5.74) is 1.26. The summed E-state index contributed by atoms with van der Waals surface area (Å²) < 4.78 is 12.0. The van der Waals surface area contributed by atoms with E-state index in [9.17, 15) is 0 Å². The van der Waals surface area contributed by atoms with Gasteiger partial charge >= 0.3 is 0 Å². The largest absolute Gasteiger partial charge is 0.377 e. The first kappa shape index (κ1) is 15.7. The van der Waals surface area contributed by atoms with Gasteiger partial charge in [0.05, 0.1) is 25.4 Å². The van der Waals surface area contributed by atoms with Crippen LogP contribution < -0.4 is 0 Å². The van der Waals surface area contributed by atoms with Gasteiger partial charge in [-0.2, -0.15) is 0 Å². The van der Waals surface area contributed by atoms with Gasteiger partial charge in [-0.1, -0.05) is 18.6 Å². The molecule has 1 aromatic rings. The molecule has 2 heterocycles.